The minimum Gasteiger partial charge on any atom is -0.391 e. The van der Waals surface area contributed by atoms with Gasteiger partial charge in [-0.1, -0.05) is 69.3 Å². The van der Waals surface area contributed by atoms with E-state index in [1.165, 1.54) is 57.4 Å². The number of hydrogen-bond donors (Lipinski definition) is 4. The molecule has 0 spiro atoms. The zero-order valence-corrected chi connectivity index (χ0v) is 42.1. The summed E-state index contributed by atoms with van der Waals surface area (Å²) in [4.78, 5) is 53.3. The molecule has 8 rings (SSSR count). The van der Waals surface area contributed by atoms with Gasteiger partial charge < -0.3 is 25.1 Å². The first kappa shape index (κ1) is 49.9. The van der Waals surface area contributed by atoms with E-state index < -0.39 is 23.6 Å². The third kappa shape index (κ3) is 12.2. The van der Waals surface area contributed by atoms with E-state index in [2.05, 4.69) is 72.5 Å². The van der Waals surface area contributed by atoms with Crippen LogP contribution < -0.4 is 16.2 Å². The zero-order valence-electron chi connectivity index (χ0n) is 41.3. The predicted octanol–water partition coefficient (Wildman–Crippen LogP) is 7.65. The number of rotatable bonds is 16. The molecule has 4 fully saturated rings. The van der Waals surface area contributed by atoms with Crippen LogP contribution in [0.3, 0.4) is 0 Å². The number of piperidine rings is 2. The molecule has 3 aliphatic heterocycles. The summed E-state index contributed by atoms with van der Waals surface area (Å²) in [5.74, 6) is 1.74. The molecule has 4 aliphatic rings. The molecule has 0 bridgehead atoms. The summed E-state index contributed by atoms with van der Waals surface area (Å²) >= 11 is 1.61. The largest absolute Gasteiger partial charge is 0.391 e. The van der Waals surface area contributed by atoms with Gasteiger partial charge in [-0.15, -0.1) is 16.4 Å². The van der Waals surface area contributed by atoms with Gasteiger partial charge in [0.1, 0.15) is 12.1 Å². The van der Waals surface area contributed by atoms with Gasteiger partial charge in [0.15, 0.2) is 0 Å². The van der Waals surface area contributed by atoms with Crippen molar-refractivity contribution in [2.45, 2.75) is 142 Å². The summed E-state index contributed by atoms with van der Waals surface area (Å²) < 4.78 is 1.72. The lowest BCUT2D eigenvalue weighted by Crippen LogP contribution is -2.50. The fraction of sp³-hybridized carbons (Fsp3) is 0.623. The van der Waals surface area contributed by atoms with Crippen molar-refractivity contribution in [2.24, 2.45) is 17.3 Å². The number of aromatic nitrogens is 4. The number of carbonyl (C=O) groups excluding carboxylic acids is 3. The first-order valence-corrected chi connectivity index (χ1v) is 26.4. The van der Waals surface area contributed by atoms with Gasteiger partial charge in [-0.05, 0) is 150 Å². The second-order valence-corrected chi connectivity index (χ2v) is 22.3. The van der Waals surface area contributed by atoms with Gasteiger partial charge in [-0.2, -0.15) is 0 Å². The summed E-state index contributed by atoms with van der Waals surface area (Å²) in [5.41, 5.74) is 13.1. The molecule has 4 aromatic rings. The molecule has 3 saturated heterocycles. The first-order valence-electron chi connectivity index (χ1n) is 25.5. The molecule has 0 unspecified atom stereocenters. The predicted molar refractivity (Wildman–Crippen MR) is 268 cm³/mol. The molecule has 2 aromatic heterocycles. The van der Waals surface area contributed by atoms with E-state index in [0.29, 0.717) is 23.3 Å². The van der Waals surface area contributed by atoms with Crippen molar-refractivity contribution >= 4 is 29.1 Å². The summed E-state index contributed by atoms with van der Waals surface area (Å²) in [6.45, 7) is 20.0. The molecule has 0 radical (unpaired) electrons. The summed E-state index contributed by atoms with van der Waals surface area (Å²) in [5, 5.41) is 23.2. The second kappa shape index (κ2) is 22.5. The van der Waals surface area contributed by atoms with Crippen molar-refractivity contribution < 1.29 is 19.5 Å². The Hall–Kier alpha value is -4.54. The molecule has 4 atom stereocenters. The number of nitrogens with zero attached hydrogens (tertiary/aromatic N) is 7. The molecule has 68 heavy (non-hydrogen) atoms. The quantitative estimate of drug-likeness (QED) is 0.0649. The Labute approximate surface area is 408 Å². The van der Waals surface area contributed by atoms with Crippen LogP contribution in [-0.2, 0) is 9.59 Å². The van der Waals surface area contributed by atoms with Gasteiger partial charge >= 0.3 is 0 Å². The van der Waals surface area contributed by atoms with E-state index in [1.807, 2.05) is 70.6 Å². The van der Waals surface area contributed by atoms with Crippen molar-refractivity contribution in [1.29, 1.82) is 0 Å². The van der Waals surface area contributed by atoms with Crippen molar-refractivity contribution in [1.82, 2.24) is 50.8 Å². The number of benzene rings is 2. The Morgan fingerprint density at radius 2 is 1.50 bits per heavy atom. The van der Waals surface area contributed by atoms with E-state index in [-0.39, 0.29) is 36.7 Å². The van der Waals surface area contributed by atoms with Crippen LogP contribution in [0.25, 0.3) is 10.4 Å². The van der Waals surface area contributed by atoms with Crippen LogP contribution in [0.2, 0.25) is 0 Å². The average molecular weight is 949 g/mol. The van der Waals surface area contributed by atoms with Crippen LogP contribution in [0.5, 0.6) is 0 Å². The number of likely N-dealkylation sites (tertiary alicyclic amines) is 3. The van der Waals surface area contributed by atoms with Crippen LogP contribution in [0.4, 0.5) is 0 Å². The van der Waals surface area contributed by atoms with Gasteiger partial charge in [0.2, 0.25) is 11.8 Å². The van der Waals surface area contributed by atoms with E-state index in [0.717, 1.165) is 85.0 Å². The molecule has 14 nitrogen and oxygen atoms in total. The fourth-order valence-corrected chi connectivity index (χ4v) is 12.1. The standard InChI is InChI=1S/C53H76N10O4S/c1-7-24-55-58-50(65)44-18-14-40(15-19-44)41-22-27-61(28-23-41)31-38-20-25-60(26-21-38)30-37-8-10-42(11-9-37)46-33-63(59-57-46)49(53(4,5)6)52(67)62-32-45(64)29-47(62)51(66)56-35(2)39-12-16-43(17-13-39)48-36(3)54-34-68-48/h12-19,33-35,37-38,41-42,45,47,49,55,64H,7-11,20-32H2,1-6H3,(H,56,66)(H,58,65)/t35-,37?,42?,45-,47+,49+/m0/s1. The summed E-state index contributed by atoms with van der Waals surface area (Å²) in [6.07, 6.45) is 11.7. The topological polar surface area (TPSA) is 161 Å². The van der Waals surface area contributed by atoms with Crippen LogP contribution in [0.1, 0.15) is 156 Å². The van der Waals surface area contributed by atoms with Crippen LogP contribution >= 0.6 is 11.3 Å². The Balaban J connectivity index is 0.771. The molecule has 5 heterocycles. The van der Waals surface area contributed by atoms with E-state index in [1.54, 1.807) is 20.9 Å². The van der Waals surface area contributed by atoms with Gasteiger partial charge in [-0.25, -0.2) is 15.1 Å². The molecular formula is C53H76N10O4S. The molecule has 1 saturated carbocycles. The molecule has 368 valence electrons. The van der Waals surface area contributed by atoms with Crippen LogP contribution in [-0.4, -0.2) is 122 Å². The minimum absolute atomic E-state index is 0.0777. The highest BCUT2D eigenvalue weighted by Gasteiger charge is 2.46. The SMILES string of the molecule is CCCNNC(=O)c1ccc(C2CCN(CC3CCN(CC4CCC(c5cn([C@H](C(=O)N6C[C@@H](O)C[C@@H]6C(=O)N[C@@H](C)c6ccc(-c7scnc7C)cc6)C(C)(C)C)nn5)CC4)CC3)CC2)cc1. The number of hydrazine groups is 1. The maximum atomic E-state index is 14.6. The molecular weight excluding hydrogens is 873 g/mol. The van der Waals surface area contributed by atoms with Crippen molar-refractivity contribution in [3.63, 3.8) is 0 Å². The van der Waals surface area contributed by atoms with E-state index >= 15 is 0 Å². The van der Waals surface area contributed by atoms with Crippen molar-refractivity contribution in [3.05, 3.63) is 88.3 Å². The van der Waals surface area contributed by atoms with Crippen LogP contribution in [0, 0.1) is 24.2 Å². The number of nitrogens with one attached hydrogen (secondary N) is 3. The first-order chi connectivity index (χ1) is 32.7. The Morgan fingerprint density at radius 3 is 2.12 bits per heavy atom. The molecule has 3 amide bonds. The van der Waals surface area contributed by atoms with Gasteiger partial charge in [0.25, 0.3) is 5.91 Å². The smallest absolute Gasteiger partial charge is 0.265 e. The van der Waals surface area contributed by atoms with Crippen molar-refractivity contribution in [3.8, 4) is 10.4 Å². The van der Waals surface area contributed by atoms with Crippen LogP contribution in [0.15, 0.2) is 60.2 Å². The maximum Gasteiger partial charge on any atom is 0.265 e. The van der Waals surface area contributed by atoms with E-state index in [9.17, 15) is 19.5 Å². The Morgan fingerprint density at radius 1 is 0.853 bits per heavy atom. The highest BCUT2D eigenvalue weighted by molar-refractivity contribution is 7.13. The normalized spacial score (nSPS) is 23.4. The molecule has 1 aliphatic carbocycles. The third-order valence-corrected chi connectivity index (χ3v) is 16.3. The highest BCUT2D eigenvalue weighted by atomic mass is 32.1. The number of carbonyl (C=O) groups is 3. The number of β-amino-alcohol motifs (C(OH)–C–C–N with tert-alkyl or cyclic N) is 1. The lowest BCUT2D eigenvalue weighted by molar-refractivity contribution is -0.144. The average Bonchev–Trinajstić information content (AvgIpc) is 4.10. The lowest BCUT2D eigenvalue weighted by atomic mass is 9.80. The fourth-order valence-electron chi connectivity index (χ4n) is 11.3. The number of amides is 3. The highest BCUT2D eigenvalue weighted by Crippen LogP contribution is 2.39. The zero-order chi connectivity index (χ0) is 48.0. The minimum atomic E-state index is -0.790. The third-order valence-electron chi connectivity index (χ3n) is 15.3. The number of hydrogen-bond acceptors (Lipinski definition) is 11. The summed E-state index contributed by atoms with van der Waals surface area (Å²) in [6, 6.07) is 14.6. The number of aliphatic hydroxyl groups is 1. The number of aliphatic hydroxyl groups excluding tert-OH is 1. The van der Waals surface area contributed by atoms with Gasteiger partial charge in [0, 0.05) is 50.3 Å². The van der Waals surface area contributed by atoms with E-state index in [4.69, 9.17) is 0 Å². The second-order valence-electron chi connectivity index (χ2n) is 21.4. The van der Waals surface area contributed by atoms with Gasteiger partial charge in [0.05, 0.1) is 33.9 Å². The Kier molecular flexibility index (Phi) is 16.5. The number of thiazole rings is 1. The summed E-state index contributed by atoms with van der Waals surface area (Å²) in [7, 11) is 0. The lowest BCUT2D eigenvalue weighted by Gasteiger charge is -2.39. The molecule has 15 heteroatoms. The Bertz CT molecular complexity index is 2270. The molecule has 4 N–H and O–H groups in total. The van der Waals surface area contributed by atoms with Gasteiger partial charge in [-0.3, -0.25) is 19.8 Å². The number of aryl methyl sites for hydroxylation is 1. The molecule has 2 aromatic carbocycles. The maximum absolute atomic E-state index is 14.6. The van der Waals surface area contributed by atoms with Crippen molar-refractivity contribution in [2.75, 3.05) is 52.4 Å². The monoisotopic (exact) mass is 949 g/mol.